The molecule has 3 rings (SSSR count). The van der Waals surface area contributed by atoms with E-state index < -0.39 is 23.2 Å². The van der Waals surface area contributed by atoms with Gasteiger partial charge in [0.1, 0.15) is 0 Å². The summed E-state index contributed by atoms with van der Waals surface area (Å²) in [4.78, 5) is 38.2. The van der Waals surface area contributed by atoms with Crippen molar-refractivity contribution in [1.29, 1.82) is 0 Å². The number of carboxylic acids is 1. The van der Waals surface area contributed by atoms with Crippen molar-refractivity contribution < 1.29 is 24.2 Å². The van der Waals surface area contributed by atoms with E-state index in [0.717, 1.165) is 0 Å². The molecule has 1 heterocycles. The number of nitrogens with zero attached hydrogens (tertiary/aromatic N) is 1. The highest BCUT2D eigenvalue weighted by Gasteiger charge is 2.65. The Labute approximate surface area is 146 Å². The maximum absolute atomic E-state index is 12.7. The summed E-state index contributed by atoms with van der Waals surface area (Å²) in [6, 6.07) is 6.81. The van der Waals surface area contributed by atoms with Gasteiger partial charge in [0.25, 0.3) is 5.91 Å². The first-order valence-corrected chi connectivity index (χ1v) is 8.33. The molecule has 7 heteroatoms. The number of para-hydroxylation sites is 1. The number of amides is 2. The van der Waals surface area contributed by atoms with E-state index in [1.807, 2.05) is 0 Å². The Balaban J connectivity index is 1.76. The quantitative estimate of drug-likeness (QED) is 0.860. The average molecular weight is 346 g/mol. The summed E-state index contributed by atoms with van der Waals surface area (Å²) in [5, 5.41) is 12.0. The van der Waals surface area contributed by atoms with Gasteiger partial charge in [-0.05, 0) is 17.5 Å². The van der Waals surface area contributed by atoms with Crippen molar-refractivity contribution in [2.45, 2.75) is 13.8 Å². The van der Waals surface area contributed by atoms with Crippen LogP contribution in [0.15, 0.2) is 24.3 Å². The molecule has 2 amide bonds. The molecular formula is C18H22N2O5. The molecule has 1 aliphatic heterocycles. The van der Waals surface area contributed by atoms with Crippen LogP contribution in [-0.2, 0) is 14.3 Å². The lowest BCUT2D eigenvalue weighted by molar-refractivity contribution is -0.140. The third-order valence-corrected chi connectivity index (χ3v) is 5.09. The second-order valence-corrected chi connectivity index (χ2v) is 7.05. The molecule has 1 saturated heterocycles. The molecule has 1 aromatic carbocycles. The van der Waals surface area contributed by atoms with Crippen LogP contribution in [0.2, 0.25) is 0 Å². The standard InChI is InChI=1S/C18H22N2O5/c1-18(2)13(14(18)17(23)24)15(21)19-12-6-4-3-5-11(12)16(22)20-7-9-25-10-8-20/h3-6,13-14H,7-10H2,1-2H3,(H,19,21)(H,23,24). The smallest absolute Gasteiger partial charge is 0.307 e. The Hall–Kier alpha value is -2.41. The van der Waals surface area contributed by atoms with Gasteiger partial charge in [-0.25, -0.2) is 0 Å². The molecule has 1 aromatic rings. The number of benzene rings is 1. The van der Waals surface area contributed by atoms with Gasteiger partial charge in [-0.2, -0.15) is 0 Å². The Morgan fingerprint density at radius 2 is 1.80 bits per heavy atom. The third-order valence-electron chi connectivity index (χ3n) is 5.09. The van der Waals surface area contributed by atoms with Crippen LogP contribution in [0.5, 0.6) is 0 Å². The Morgan fingerprint density at radius 1 is 1.16 bits per heavy atom. The van der Waals surface area contributed by atoms with Gasteiger partial charge in [0.2, 0.25) is 5.91 Å². The number of carbonyl (C=O) groups is 3. The number of carboxylic acid groups (broad SMARTS) is 1. The second-order valence-electron chi connectivity index (χ2n) is 7.05. The summed E-state index contributed by atoms with van der Waals surface area (Å²) in [6.45, 7) is 5.55. The van der Waals surface area contributed by atoms with E-state index >= 15 is 0 Å². The molecule has 25 heavy (non-hydrogen) atoms. The lowest BCUT2D eigenvalue weighted by Gasteiger charge is -2.27. The molecule has 0 radical (unpaired) electrons. The van der Waals surface area contributed by atoms with E-state index in [1.54, 1.807) is 43.0 Å². The van der Waals surface area contributed by atoms with Crippen LogP contribution in [-0.4, -0.2) is 54.1 Å². The maximum Gasteiger partial charge on any atom is 0.307 e. The molecule has 1 aliphatic carbocycles. The number of anilines is 1. The zero-order valence-corrected chi connectivity index (χ0v) is 14.3. The SMILES string of the molecule is CC1(C)C(C(=O)O)C1C(=O)Nc1ccccc1C(=O)N1CCOCC1. The van der Waals surface area contributed by atoms with Gasteiger partial charge in [-0.15, -0.1) is 0 Å². The summed E-state index contributed by atoms with van der Waals surface area (Å²) >= 11 is 0. The summed E-state index contributed by atoms with van der Waals surface area (Å²) in [6.07, 6.45) is 0. The lowest BCUT2D eigenvalue weighted by atomic mass is 10.1. The number of nitrogens with one attached hydrogen (secondary N) is 1. The van der Waals surface area contributed by atoms with Crippen molar-refractivity contribution in [3.05, 3.63) is 29.8 Å². The number of morpholine rings is 1. The van der Waals surface area contributed by atoms with Gasteiger partial charge in [0, 0.05) is 13.1 Å². The van der Waals surface area contributed by atoms with Crippen LogP contribution in [0.4, 0.5) is 5.69 Å². The fraction of sp³-hybridized carbons (Fsp3) is 0.500. The minimum Gasteiger partial charge on any atom is -0.481 e. The fourth-order valence-electron chi connectivity index (χ4n) is 3.51. The van der Waals surface area contributed by atoms with Crippen molar-refractivity contribution in [2.24, 2.45) is 17.3 Å². The second kappa shape index (κ2) is 6.48. The number of hydrogen-bond acceptors (Lipinski definition) is 4. The van der Waals surface area contributed by atoms with Crippen molar-refractivity contribution in [2.75, 3.05) is 31.6 Å². The summed E-state index contributed by atoms with van der Waals surface area (Å²) < 4.78 is 5.26. The number of carbonyl (C=O) groups excluding carboxylic acids is 2. The van der Waals surface area contributed by atoms with Crippen molar-refractivity contribution in [3.8, 4) is 0 Å². The molecule has 2 aliphatic rings. The van der Waals surface area contributed by atoms with Crippen LogP contribution < -0.4 is 5.32 Å². The summed E-state index contributed by atoms with van der Waals surface area (Å²) in [5.74, 6) is -2.79. The van der Waals surface area contributed by atoms with Crippen LogP contribution in [0.25, 0.3) is 0 Å². The van der Waals surface area contributed by atoms with E-state index in [1.165, 1.54) is 0 Å². The predicted octanol–water partition coefficient (Wildman–Crippen LogP) is 1.45. The zero-order chi connectivity index (χ0) is 18.2. The highest BCUT2D eigenvalue weighted by atomic mass is 16.5. The van der Waals surface area contributed by atoms with E-state index in [4.69, 9.17) is 4.74 Å². The number of ether oxygens (including phenoxy) is 1. The van der Waals surface area contributed by atoms with Gasteiger partial charge in [0.15, 0.2) is 0 Å². The number of hydrogen-bond donors (Lipinski definition) is 2. The monoisotopic (exact) mass is 346 g/mol. The first-order chi connectivity index (χ1) is 11.8. The van der Waals surface area contributed by atoms with Gasteiger partial charge in [0.05, 0.1) is 36.3 Å². The van der Waals surface area contributed by atoms with Gasteiger partial charge in [-0.3, -0.25) is 14.4 Å². The molecule has 1 saturated carbocycles. The average Bonchev–Trinajstić information content (AvgIpc) is 3.18. The zero-order valence-electron chi connectivity index (χ0n) is 14.3. The van der Waals surface area contributed by atoms with Crippen molar-refractivity contribution >= 4 is 23.5 Å². The molecule has 0 aromatic heterocycles. The predicted molar refractivity (Wildman–Crippen MR) is 90.2 cm³/mol. The maximum atomic E-state index is 12.7. The molecule has 134 valence electrons. The highest BCUT2D eigenvalue weighted by molar-refractivity contribution is 6.06. The topological polar surface area (TPSA) is 95.9 Å². The van der Waals surface area contributed by atoms with Crippen molar-refractivity contribution in [1.82, 2.24) is 4.90 Å². The van der Waals surface area contributed by atoms with E-state index in [2.05, 4.69) is 5.32 Å². The highest BCUT2D eigenvalue weighted by Crippen LogP contribution is 2.58. The van der Waals surface area contributed by atoms with E-state index in [-0.39, 0.29) is 11.8 Å². The van der Waals surface area contributed by atoms with Crippen LogP contribution in [0.3, 0.4) is 0 Å². The molecule has 2 unspecified atom stereocenters. The molecule has 2 atom stereocenters. The Morgan fingerprint density at radius 3 is 2.40 bits per heavy atom. The normalized spacial score (nSPS) is 24.5. The summed E-state index contributed by atoms with van der Waals surface area (Å²) in [5.41, 5.74) is 0.234. The summed E-state index contributed by atoms with van der Waals surface area (Å²) in [7, 11) is 0. The number of aliphatic carboxylic acids is 1. The fourth-order valence-corrected chi connectivity index (χ4v) is 3.51. The molecule has 2 N–H and O–H groups in total. The first-order valence-electron chi connectivity index (χ1n) is 8.33. The lowest BCUT2D eigenvalue weighted by Crippen LogP contribution is -2.41. The van der Waals surface area contributed by atoms with Crippen LogP contribution in [0, 0.1) is 17.3 Å². The van der Waals surface area contributed by atoms with Gasteiger partial charge >= 0.3 is 5.97 Å². The molecule has 0 spiro atoms. The van der Waals surface area contributed by atoms with Crippen LogP contribution in [0.1, 0.15) is 24.2 Å². The Kier molecular flexibility index (Phi) is 4.51. The van der Waals surface area contributed by atoms with Gasteiger partial charge in [-0.1, -0.05) is 26.0 Å². The molecule has 2 fully saturated rings. The largest absolute Gasteiger partial charge is 0.481 e. The molecular weight excluding hydrogens is 324 g/mol. The first kappa shape index (κ1) is 17.4. The number of rotatable bonds is 4. The molecule has 0 bridgehead atoms. The van der Waals surface area contributed by atoms with E-state index in [0.29, 0.717) is 37.6 Å². The van der Waals surface area contributed by atoms with E-state index in [9.17, 15) is 19.5 Å². The van der Waals surface area contributed by atoms with Crippen molar-refractivity contribution in [3.63, 3.8) is 0 Å². The molecule has 7 nitrogen and oxygen atoms in total. The minimum atomic E-state index is -0.970. The third kappa shape index (κ3) is 3.24. The minimum absolute atomic E-state index is 0.163. The van der Waals surface area contributed by atoms with Gasteiger partial charge < -0.3 is 20.1 Å². The Bertz CT molecular complexity index is 709. The van der Waals surface area contributed by atoms with Crippen LogP contribution >= 0.6 is 0 Å².